The Bertz CT molecular complexity index is 714. The Morgan fingerprint density at radius 1 is 1.20 bits per heavy atom. The summed E-state index contributed by atoms with van der Waals surface area (Å²) in [4.78, 5) is 16.1. The van der Waals surface area contributed by atoms with Crippen LogP contribution in [0.15, 0.2) is 30.5 Å². The monoisotopic (exact) mass is 355 g/mol. The van der Waals surface area contributed by atoms with Gasteiger partial charge in [-0.2, -0.15) is 0 Å². The summed E-state index contributed by atoms with van der Waals surface area (Å²) in [5, 5.41) is 4.93. The van der Waals surface area contributed by atoms with Gasteiger partial charge in [0.1, 0.15) is 6.61 Å². The molecule has 2 aromatic rings. The molecule has 1 aliphatic carbocycles. The molecule has 0 unspecified atom stereocenters. The van der Waals surface area contributed by atoms with Gasteiger partial charge in [0, 0.05) is 35.3 Å². The molecule has 5 radical (unpaired) electrons. The van der Waals surface area contributed by atoms with Crippen molar-refractivity contribution in [1.82, 2.24) is 4.98 Å². The van der Waals surface area contributed by atoms with Crippen molar-refractivity contribution in [2.75, 3.05) is 18.5 Å². The number of aromatic nitrogens is 1. The van der Waals surface area contributed by atoms with E-state index >= 15 is 0 Å². The number of rotatable bonds is 8. The Morgan fingerprint density at radius 3 is 2.88 bits per heavy atom. The van der Waals surface area contributed by atoms with Crippen molar-refractivity contribution in [3.05, 3.63) is 67.1 Å². The van der Waals surface area contributed by atoms with Gasteiger partial charge in [-0.3, -0.25) is 9.78 Å². The van der Waals surface area contributed by atoms with Crippen molar-refractivity contribution in [2.24, 2.45) is 0 Å². The first-order chi connectivity index (χ1) is 12.2. The zero-order valence-electron chi connectivity index (χ0n) is 13.9. The first-order valence-corrected chi connectivity index (χ1v) is 8.74. The quantitative estimate of drug-likeness (QED) is 0.562. The van der Waals surface area contributed by atoms with Crippen LogP contribution < -0.4 is 5.32 Å². The summed E-state index contributed by atoms with van der Waals surface area (Å²) < 4.78 is 5.28. The third-order valence-electron chi connectivity index (χ3n) is 3.96. The van der Waals surface area contributed by atoms with Gasteiger partial charge in [0.05, 0.1) is 5.52 Å². The molecule has 1 N–H and O–H groups in total. The van der Waals surface area contributed by atoms with Crippen molar-refractivity contribution in [3.8, 4) is 0 Å². The second-order valence-electron chi connectivity index (χ2n) is 5.81. The molecule has 25 heavy (non-hydrogen) atoms. The molecule has 5 heteroatoms. The molecule has 129 valence electrons. The summed E-state index contributed by atoms with van der Waals surface area (Å²) >= 11 is 5.99. The van der Waals surface area contributed by atoms with Gasteiger partial charge in [-0.25, -0.2) is 0 Å². The van der Waals surface area contributed by atoms with Gasteiger partial charge in [0.2, 0.25) is 0 Å². The van der Waals surface area contributed by atoms with Crippen LogP contribution in [0.25, 0.3) is 10.9 Å². The number of benzene rings is 1. The molecule has 0 aliphatic heterocycles. The third-order valence-corrected chi connectivity index (χ3v) is 4.20. The van der Waals surface area contributed by atoms with E-state index in [9.17, 15) is 4.79 Å². The molecule has 0 bridgehead atoms. The van der Waals surface area contributed by atoms with Crippen LogP contribution in [0, 0.1) is 31.6 Å². The van der Waals surface area contributed by atoms with Crippen molar-refractivity contribution in [1.29, 1.82) is 0 Å². The predicted octanol–water partition coefficient (Wildman–Crippen LogP) is 4.42. The van der Waals surface area contributed by atoms with Gasteiger partial charge in [0.15, 0.2) is 0 Å². The minimum absolute atomic E-state index is 0.153. The number of nitrogens with one attached hydrogen (secondary N) is 1. The Hall–Kier alpha value is -1.81. The summed E-state index contributed by atoms with van der Waals surface area (Å²) in [6.45, 7) is 0.892. The molecule has 1 saturated carbocycles. The molecule has 1 fully saturated rings. The van der Waals surface area contributed by atoms with Crippen molar-refractivity contribution in [3.63, 3.8) is 0 Å². The number of anilines is 1. The van der Waals surface area contributed by atoms with Crippen LogP contribution in [0.4, 0.5) is 5.69 Å². The number of halogens is 1. The Balaban J connectivity index is 1.37. The highest BCUT2D eigenvalue weighted by Gasteiger charge is 2.16. The first-order valence-electron chi connectivity index (χ1n) is 8.37. The minimum atomic E-state index is -0.153. The molecule has 4 nitrogen and oxygen atoms in total. The van der Waals surface area contributed by atoms with Gasteiger partial charge < -0.3 is 10.1 Å². The fourth-order valence-electron chi connectivity index (χ4n) is 2.72. The maximum Gasteiger partial charge on any atom is 0.305 e. The lowest BCUT2D eigenvalue weighted by molar-refractivity contribution is -0.143. The minimum Gasteiger partial charge on any atom is -0.464 e. The highest BCUT2D eigenvalue weighted by atomic mass is 35.5. The molecule has 0 atom stereocenters. The normalized spacial score (nSPS) is 14.8. The smallest absolute Gasteiger partial charge is 0.305 e. The molecular formula is C20H20ClN2O2. The van der Waals surface area contributed by atoms with Gasteiger partial charge >= 0.3 is 5.97 Å². The topological polar surface area (TPSA) is 51.2 Å². The number of hydrogen-bond acceptors (Lipinski definition) is 4. The summed E-state index contributed by atoms with van der Waals surface area (Å²) in [5.41, 5.74) is 1.79. The van der Waals surface area contributed by atoms with E-state index in [1.54, 1.807) is 6.20 Å². The van der Waals surface area contributed by atoms with E-state index in [-0.39, 0.29) is 5.97 Å². The number of hydrogen-bond donors (Lipinski definition) is 1. The largest absolute Gasteiger partial charge is 0.464 e. The van der Waals surface area contributed by atoms with Crippen LogP contribution in [0.3, 0.4) is 0 Å². The fourth-order valence-corrected chi connectivity index (χ4v) is 2.88. The predicted molar refractivity (Wildman–Crippen MR) is 100 cm³/mol. The van der Waals surface area contributed by atoms with Crippen molar-refractivity contribution in [2.45, 2.75) is 19.3 Å². The maximum absolute atomic E-state index is 11.8. The maximum atomic E-state index is 11.8. The molecule has 0 saturated heterocycles. The Morgan fingerprint density at radius 2 is 2.04 bits per heavy atom. The number of pyridine rings is 1. The average Bonchev–Trinajstić information content (AvgIpc) is 3.12. The molecule has 0 amide bonds. The molecule has 3 rings (SSSR count). The van der Waals surface area contributed by atoms with Crippen LogP contribution in [0.5, 0.6) is 0 Å². The standard InChI is InChI=1S/C20H20ClN2O2/c21-16-8-9-17-18(10-11-22-19(17)14-16)23-12-13-25-20(24)7-3-6-15-4-1-2-5-15/h1-2,4-5,8-11,14H,3,6-7,12-13H2,(H,22,23). The Kier molecular flexibility index (Phi) is 6.51. The van der Waals surface area contributed by atoms with Gasteiger partial charge in [-0.1, -0.05) is 11.6 Å². The number of nitrogens with zero attached hydrogens (tertiary/aromatic N) is 1. The van der Waals surface area contributed by atoms with Gasteiger partial charge in [-0.15, -0.1) is 0 Å². The van der Waals surface area contributed by atoms with E-state index in [1.165, 1.54) is 5.92 Å². The number of carbonyl (C=O) groups is 1. The lowest BCUT2D eigenvalue weighted by Gasteiger charge is -2.10. The van der Waals surface area contributed by atoms with Crippen LogP contribution in [0.1, 0.15) is 19.3 Å². The van der Waals surface area contributed by atoms with Crippen LogP contribution in [-0.4, -0.2) is 24.1 Å². The van der Waals surface area contributed by atoms with E-state index in [2.05, 4.69) is 23.1 Å². The highest BCUT2D eigenvalue weighted by Crippen LogP contribution is 2.27. The Labute approximate surface area is 153 Å². The van der Waals surface area contributed by atoms with E-state index < -0.39 is 0 Å². The molecule has 0 spiro atoms. The molecule has 1 aromatic carbocycles. The summed E-state index contributed by atoms with van der Waals surface area (Å²) in [7, 11) is 0. The van der Waals surface area contributed by atoms with Gasteiger partial charge in [-0.05, 0) is 68.7 Å². The average molecular weight is 356 g/mol. The third kappa shape index (κ3) is 5.33. The SMILES string of the molecule is O=C(CCC[C]1[CH][CH][CH][CH]1)OCCNc1ccnc2cc(Cl)ccc12. The van der Waals surface area contributed by atoms with Crippen LogP contribution >= 0.6 is 11.6 Å². The van der Waals surface area contributed by atoms with E-state index in [0.29, 0.717) is 24.6 Å². The first kappa shape index (κ1) is 18.0. The van der Waals surface area contributed by atoms with Crippen molar-refractivity contribution < 1.29 is 9.53 Å². The molecule has 1 heterocycles. The summed E-state index contributed by atoms with van der Waals surface area (Å²) in [6.07, 6.45) is 12.1. The highest BCUT2D eigenvalue weighted by molar-refractivity contribution is 6.31. The molecular weight excluding hydrogens is 336 g/mol. The van der Waals surface area contributed by atoms with E-state index in [1.807, 2.05) is 37.1 Å². The van der Waals surface area contributed by atoms with Crippen LogP contribution in [-0.2, 0) is 9.53 Å². The zero-order chi connectivity index (χ0) is 17.5. The zero-order valence-corrected chi connectivity index (χ0v) is 14.6. The number of ether oxygens (including phenoxy) is 1. The van der Waals surface area contributed by atoms with E-state index in [0.717, 1.165) is 29.4 Å². The number of esters is 1. The summed E-state index contributed by atoms with van der Waals surface area (Å²) in [6, 6.07) is 7.50. The second kappa shape index (κ2) is 9.04. The van der Waals surface area contributed by atoms with Crippen LogP contribution in [0.2, 0.25) is 5.02 Å². The lowest BCUT2D eigenvalue weighted by Crippen LogP contribution is -2.14. The molecule has 1 aliphatic rings. The lowest BCUT2D eigenvalue weighted by atomic mass is 10.0. The fraction of sp³-hybridized carbons (Fsp3) is 0.250. The molecule has 1 aromatic heterocycles. The second-order valence-corrected chi connectivity index (χ2v) is 6.25. The van der Waals surface area contributed by atoms with Gasteiger partial charge in [0.25, 0.3) is 0 Å². The number of fused-ring (bicyclic) bond motifs is 1. The number of carbonyl (C=O) groups excluding carboxylic acids is 1. The van der Waals surface area contributed by atoms with E-state index in [4.69, 9.17) is 16.3 Å². The van der Waals surface area contributed by atoms with Crippen molar-refractivity contribution >= 4 is 34.2 Å². The summed E-state index contributed by atoms with van der Waals surface area (Å²) in [5.74, 6) is 1.11.